The van der Waals surface area contributed by atoms with E-state index in [2.05, 4.69) is 4.98 Å². The number of anilines is 1. The van der Waals surface area contributed by atoms with Crippen LogP contribution in [0.5, 0.6) is 0 Å². The number of aryl methyl sites for hydroxylation is 1. The Morgan fingerprint density at radius 3 is 2.53 bits per heavy atom. The molecule has 2 aromatic heterocycles. The van der Waals surface area contributed by atoms with Gasteiger partial charge in [-0.2, -0.15) is 4.31 Å². The Labute approximate surface area is 207 Å². The smallest absolute Gasteiger partial charge is 0.396 e. The molecule has 0 bridgehead atoms. The van der Waals surface area contributed by atoms with Gasteiger partial charge >= 0.3 is 4.94 Å². The molecule has 0 atom stereocenters. The predicted molar refractivity (Wildman–Crippen MR) is 134 cm³/mol. The van der Waals surface area contributed by atoms with Gasteiger partial charge < -0.3 is 4.42 Å². The van der Waals surface area contributed by atoms with Crippen LogP contribution in [0.1, 0.15) is 15.9 Å². The minimum absolute atomic E-state index is 0.0197. The van der Waals surface area contributed by atoms with E-state index in [4.69, 9.17) is 4.42 Å². The van der Waals surface area contributed by atoms with Crippen LogP contribution in [-0.2, 0) is 10.0 Å². The van der Waals surface area contributed by atoms with E-state index in [1.807, 2.05) is 0 Å². The van der Waals surface area contributed by atoms with Gasteiger partial charge in [0.2, 0.25) is 0 Å². The fourth-order valence-corrected chi connectivity index (χ4v) is 6.28. The van der Waals surface area contributed by atoms with E-state index in [1.54, 1.807) is 24.3 Å². The first-order chi connectivity index (χ1) is 17.2. The first-order valence-corrected chi connectivity index (χ1v) is 12.6. The Bertz CT molecular complexity index is 1840. The summed E-state index contributed by atoms with van der Waals surface area (Å²) in [5, 5.41) is 12.2. The number of benzene rings is 3. The zero-order valence-electron chi connectivity index (χ0n) is 18.4. The number of fused-ring (bicyclic) bond motifs is 3. The molecule has 180 valence electrons. The SMILES string of the molecule is Cc1ccc([N+](=O)[O-])cc1S(=O)(=O)N(C(=O)c1cccnc1)c1cc2sc(=O)oc2c2ccccc12. The van der Waals surface area contributed by atoms with Crippen LogP contribution in [0.15, 0.2) is 87.2 Å². The summed E-state index contributed by atoms with van der Waals surface area (Å²) in [4.78, 5) is 39.4. The topological polar surface area (TPSA) is 141 Å². The number of rotatable bonds is 5. The molecule has 36 heavy (non-hydrogen) atoms. The maximum atomic E-state index is 14.1. The lowest BCUT2D eigenvalue weighted by atomic mass is 10.1. The van der Waals surface area contributed by atoms with E-state index in [0.29, 0.717) is 19.8 Å². The lowest BCUT2D eigenvalue weighted by molar-refractivity contribution is -0.385. The second-order valence-electron chi connectivity index (χ2n) is 7.75. The zero-order chi connectivity index (χ0) is 25.6. The van der Waals surface area contributed by atoms with Gasteiger partial charge in [-0.3, -0.25) is 19.9 Å². The highest BCUT2D eigenvalue weighted by Gasteiger charge is 2.36. The standard InChI is InChI=1S/C24H15N3O7S2/c1-14-8-9-16(27(30)31)11-21(14)36(32,33)26(23(28)15-5-4-10-25-13-15)19-12-20-22(34-24(29)35-20)18-7-3-2-6-17(18)19/h2-13H,1H3. The average molecular weight is 522 g/mol. The molecule has 0 fully saturated rings. The molecule has 5 rings (SSSR count). The van der Waals surface area contributed by atoms with Crippen molar-refractivity contribution in [2.24, 2.45) is 0 Å². The van der Waals surface area contributed by atoms with E-state index in [-0.39, 0.29) is 22.4 Å². The highest BCUT2D eigenvalue weighted by atomic mass is 32.2. The number of non-ortho nitro benzene ring substituents is 1. The Kier molecular flexibility index (Phi) is 5.61. The van der Waals surface area contributed by atoms with Crippen LogP contribution in [0, 0.1) is 17.0 Å². The quantitative estimate of drug-likeness (QED) is 0.240. The molecule has 0 aliphatic rings. The van der Waals surface area contributed by atoms with Crippen LogP contribution in [0.25, 0.3) is 21.1 Å². The van der Waals surface area contributed by atoms with Crippen LogP contribution >= 0.6 is 11.3 Å². The number of carbonyl (C=O) groups is 1. The molecule has 0 spiro atoms. The minimum atomic E-state index is -4.69. The molecule has 0 unspecified atom stereocenters. The molecule has 0 N–H and O–H groups in total. The van der Waals surface area contributed by atoms with Crippen molar-refractivity contribution in [2.45, 2.75) is 11.8 Å². The molecule has 5 aromatic rings. The number of carbonyl (C=O) groups excluding carboxylic acids is 1. The summed E-state index contributed by atoms with van der Waals surface area (Å²) < 4.78 is 34.5. The number of nitro benzene ring substituents is 1. The number of sulfonamides is 1. The van der Waals surface area contributed by atoms with Crippen LogP contribution in [-0.4, -0.2) is 24.2 Å². The Balaban J connectivity index is 1.87. The molecule has 0 aliphatic heterocycles. The summed E-state index contributed by atoms with van der Waals surface area (Å²) in [7, 11) is -4.69. The third kappa shape index (κ3) is 3.82. The van der Waals surface area contributed by atoms with Crippen molar-refractivity contribution in [2.75, 3.05) is 4.31 Å². The summed E-state index contributed by atoms with van der Waals surface area (Å²) in [5.41, 5.74) is -0.0186. The van der Waals surface area contributed by atoms with Gasteiger partial charge in [0.1, 0.15) is 0 Å². The van der Waals surface area contributed by atoms with E-state index in [0.717, 1.165) is 17.4 Å². The molecule has 1 amide bonds. The highest BCUT2D eigenvalue weighted by molar-refractivity contribution is 7.93. The molecule has 3 aromatic carbocycles. The normalized spacial score (nSPS) is 11.6. The molecule has 10 nitrogen and oxygen atoms in total. The second kappa shape index (κ2) is 8.66. The maximum Gasteiger partial charge on any atom is 0.396 e. The average Bonchev–Trinajstić information content (AvgIpc) is 3.25. The summed E-state index contributed by atoms with van der Waals surface area (Å²) in [5.74, 6) is -0.922. The minimum Gasteiger partial charge on any atom is -0.413 e. The lowest BCUT2D eigenvalue weighted by Crippen LogP contribution is -2.37. The largest absolute Gasteiger partial charge is 0.413 e. The van der Waals surface area contributed by atoms with Gasteiger partial charge in [0.25, 0.3) is 21.6 Å². The van der Waals surface area contributed by atoms with Crippen molar-refractivity contribution < 1.29 is 22.6 Å². The van der Waals surface area contributed by atoms with Crippen LogP contribution < -0.4 is 9.24 Å². The maximum absolute atomic E-state index is 14.1. The van der Waals surface area contributed by atoms with Crippen LogP contribution in [0.4, 0.5) is 11.4 Å². The third-order valence-electron chi connectivity index (χ3n) is 5.53. The van der Waals surface area contributed by atoms with Crippen molar-refractivity contribution in [3.63, 3.8) is 0 Å². The van der Waals surface area contributed by atoms with E-state index in [1.165, 1.54) is 49.6 Å². The molecule has 12 heteroatoms. The van der Waals surface area contributed by atoms with Gasteiger partial charge in [0, 0.05) is 35.3 Å². The van der Waals surface area contributed by atoms with Crippen molar-refractivity contribution >= 4 is 59.7 Å². The lowest BCUT2D eigenvalue weighted by Gasteiger charge is -2.25. The van der Waals surface area contributed by atoms with Crippen LogP contribution in [0.2, 0.25) is 0 Å². The fraction of sp³-hybridized carbons (Fsp3) is 0.0417. The van der Waals surface area contributed by atoms with Crippen molar-refractivity contribution in [1.29, 1.82) is 0 Å². The fourth-order valence-electron chi connectivity index (χ4n) is 3.88. The number of amides is 1. The van der Waals surface area contributed by atoms with Gasteiger partial charge in [0.15, 0.2) is 5.58 Å². The summed E-state index contributed by atoms with van der Waals surface area (Å²) in [6.07, 6.45) is 2.66. The van der Waals surface area contributed by atoms with Gasteiger partial charge in [-0.05, 0) is 30.7 Å². The first kappa shape index (κ1) is 23.3. The summed E-state index contributed by atoms with van der Waals surface area (Å²) in [6, 6.07) is 14.3. The molecule has 0 saturated carbocycles. The third-order valence-corrected chi connectivity index (χ3v) is 8.14. The summed E-state index contributed by atoms with van der Waals surface area (Å²) in [6.45, 7) is 1.48. The van der Waals surface area contributed by atoms with E-state index >= 15 is 0 Å². The predicted octanol–water partition coefficient (Wildman–Crippen LogP) is 4.66. The molecule has 0 saturated heterocycles. The Morgan fingerprint density at radius 2 is 1.83 bits per heavy atom. The van der Waals surface area contributed by atoms with Gasteiger partial charge in [0.05, 0.1) is 25.8 Å². The van der Waals surface area contributed by atoms with Gasteiger partial charge in [-0.25, -0.2) is 13.2 Å². The highest BCUT2D eigenvalue weighted by Crippen LogP contribution is 2.39. The number of nitrogens with zero attached hydrogens (tertiary/aromatic N) is 3. The van der Waals surface area contributed by atoms with Crippen molar-refractivity contribution in [3.05, 3.63) is 104 Å². The number of hydrogen-bond acceptors (Lipinski definition) is 9. The number of nitro groups is 1. The first-order valence-electron chi connectivity index (χ1n) is 10.4. The molecule has 0 aliphatic carbocycles. The molecular weight excluding hydrogens is 506 g/mol. The van der Waals surface area contributed by atoms with Crippen molar-refractivity contribution in [3.8, 4) is 0 Å². The Morgan fingerprint density at radius 1 is 1.08 bits per heavy atom. The zero-order valence-corrected chi connectivity index (χ0v) is 20.1. The van der Waals surface area contributed by atoms with Crippen molar-refractivity contribution in [1.82, 2.24) is 4.98 Å². The van der Waals surface area contributed by atoms with Gasteiger partial charge in [-0.1, -0.05) is 41.7 Å². The van der Waals surface area contributed by atoms with E-state index < -0.39 is 36.4 Å². The number of pyridine rings is 1. The molecular formula is C24H15N3O7S2. The summed E-state index contributed by atoms with van der Waals surface area (Å²) >= 11 is 0.765. The van der Waals surface area contributed by atoms with Gasteiger partial charge in [-0.15, -0.1) is 0 Å². The number of aromatic nitrogens is 1. The molecule has 2 heterocycles. The van der Waals surface area contributed by atoms with Crippen LogP contribution in [0.3, 0.4) is 0 Å². The molecule has 0 radical (unpaired) electrons. The Hall–Kier alpha value is -4.42. The number of hydrogen-bond donors (Lipinski definition) is 0. The van der Waals surface area contributed by atoms with E-state index in [9.17, 15) is 28.1 Å². The second-order valence-corrected chi connectivity index (χ2v) is 10.5. The monoisotopic (exact) mass is 521 g/mol.